The molecule has 0 bridgehead atoms. The maximum absolute atomic E-state index is 12.8. The molecule has 2 aliphatic rings. The van der Waals surface area contributed by atoms with Crippen LogP contribution >= 0.6 is 11.6 Å². The molecule has 0 saturated carbocycles. The van der Waals surface area contributed by atoms with E-state index >= 15 is 0 Å². The molecular weight excluding hydrogens is 448 g/mol. The van der Waals surface area contributed by atoms with E-state index in [1.165, 1.54) is 25.7 Å². The molecular formula is C27H35ClN4O2. The number of amides is 3. The highest BCUT2D eigenvalue weighted by molar-refractivity contribution is 6.30. The number of hydrogen-bond donors (Lipinski definition) is 2. The molecule has 2 saturated heterocycles. The molecule has 3 amide bonds. The van der Waals surface area contributed by atoms with E-state index in [-0.39, 0.29) is 17.9 Å². The molecule has 0 spiro atoms. The van der Waals surface area contributed by atoms with Crippen LogP contribution in [0.5, 0.6) is 0 Å². The molecule has 34 heavy (non-hydrogen) atoms. The van der Waals surface area contributed by atoms with Gasteiger partial charge in [-0.25, -0.2) is 4.79 Å². The number of hydrogen-bond acceptors (Lipinski definition) is 3. The Balaban J connectivity index is 1.30. The predicted octanol–water partition coefficient (Wildman–Crippen LogP) is 5.36. The fraction of sp³-hybridized carbons (Fsp3) is 0.481. The quantitative estimate of drug-likeness (QED) is 0.582. The lowest BCUT2D eigenvalue weighted by molar-refractivity contribution is 0.0948. The Morgan fingerprint density at radius 1 is 0.941 bits per heavy atom. The van der Waals surface area contributed by atoms with Gasteiger partial charge in [0.1, 0.15) is 0 Å². The zero-order valence-corrected chi connectivity index (χ0v) is 20.5. The lowest BCUT2D eigenvalue weighted by Gasteiger charge is -2.33. The number of nitrogens with one attached hydrogen (secondary N) is 2. The zero-order valence-electron chi connectivity index (χ0n) is 19.8. The van der Waals surface area contributed by atoms with Crippen molar-refractivity contribution in [3.8, 4) is 0 Å². The van der Waals surface area contributed by atoms with Crippen LogP contribution in [0.4, 0.5) is 10.5 Å². The minimum absolute atomic E-state index is 0.0233. The lowest BCUT2D eigenvalue weighted by atomic mass is 9.89. The predicted molar refractivity (Wildman–Crippen MR) is 138 cm³/mol. The molecule has 6 nitrogen and oxygen atoms in total. The monoisotopic (exact) mass is 482 g/mol. The standard InChI is InChI=1S/C27H35ClN4O2/c28-24-10-12-25(13-11-24)30-27(34)32-17-6-9-23(20-32)21-7-5-8-22(19-21)26(33)29-14-18-31-15-3-1-2-4-16-31/h5,7-8,10-13,19,23H,1-4,6,9,14-18,20H2,(H,29,33)(H,30,34)/t23-/m0/s1. The molecule has 182 valence electrons. The van der Waals surface area contributed by atoms with Crippen LogP contribution in [-0.2, 0) is 0 Å². The van der Waals surface area contributed by atoms with Crippen LogP contribution in [0.3, 0.4) is 0 Å². The first-order valence-electron chi connectivity index (χ1n) is 12.5. The molecule has 0 aliphatic carbocycles. The first kappa shape index (κ1) is 24.6. The minimum Gasteiger partial charge on any atom is -0.351 e. The van der Waals surface area contributed by atoms with E-state index in [4.69, 9.17) is 11.6 Å². The van der Waals surface area contributed by atoms with Gasteiger partial charge in [0.05, 0.1) is 0 Å². The third-order valence-corrected chi connectivity index (χ3v) is 7.09. The number of carbonyl (C=O) groups is 2. The summed E-state index contributed by atoms with van der Waals surface area (Å²) < 4.78 is 0. The Morgan fingerprint density at radius 2 is 1.71 bits per heavy atom. The maximum atomic E-state index is 12.8. The van der Waals surface area contributed by atoms with Crippen LogP contribution in [0.25, 0.3) is 0 Å². The Kier molecular flexibility index (Phi) is 8.83. The second-order valence-electron chi connectivity index (χ2n) is 9.36. The number of nitrogens with zero attached hydrogens (tertiary/aromatic N) is 2. The summed E-state index contributed by atoms with van der Waals surface area (Å²) in [7, 11) is 0. The fourth-order valence-electron chi connectivity index (χ4n) is 4.89. The molecule has 0 aromatic heterocycles. The molecule has 1 atom stereocenters. The van der Waals surface area contributed by atoms with Gasteiger partial charge in [-0.15, -0.1) is 0 Å². The third kappa shape index (κ3) is 6.97. The van der Waals surface area contributed by atoms with Crippen molar-refractivity contribution >= 4 is 29.2 Å². The molecule has 2 aliphatic heterocycles. The first-order valence-corrected chi connectivity index (χ1v) is 12.9. The van der Waals surface area contributed by atoms with E-state index in [1.54, 1.807) is 24.3 Å². The van der Waals surface area contributed by atoms with Crippen molar-refractivity contribution < 1.29 is 9.59 Å². The van der Waals surface area contributed by atoms with E-state index in [9.17, 15) is 9.59 Å². The first-order chi connectivity index (χ1) is 16.6. The van der Waals surface area contributed by atoms with Crippen molar-refractivity contribution in [3.63, 3.8) is 0 Å². The number of halogens is 1. The summed E-state index contributed by atoms with van der Waals surface area (Å²) in [6.07, 6.45) is 7.09. The van der Waals surface area contributed by atoms with Crippen LogP contribution in [0.15, 0.2) is 48.5 Å². The number of benzene rings is 2. The van der Waals surface area contributed by atoms with Crippen LogP contribution in [0.2, 0.25) is 5.02 Å². The van der Waals surface area contributed by atoms with Gasteiger partial charge in [0, 0.05) is 48.4 Å². The molecule has 0 radical (unpaired) electrons. The molecule has 7 heteroatoms. The second kappa shape index (κ2) is 12.2. The van der Waals surface area contributed by atoms with E-state index in [1.807, 2.05) is 23.1 Å². The highest BCUT2D eigenvalue weighted by Gasteiger charge is 2.25. The van der Waals surface area contributed by atoms with Gasteiger partial charge >= 0.3 is 6.03 Å². The topological polar surface area (TPSA) is 64.7 Å². The number of piperidine rings is 1. The zero-order chi connectivity index (χ0) is 23.8. The van der Waals surface area contributed by atoms with Crippen LogP contribution < -0.4 is 10.6 Å². The number of rotatable bonds is 6. The number of urea groups is 1. The normalized spacial score (nSPS) is 19.3. The summed E-state index contributed by atoms with van der Waals surface area (Å²) in [6.45, 7) is 5.22. The van der Waals surface area contributed by atoms with Crippen molar-refractivity contribution in [2.45, 2.75) is 44.4 Å². The maximum Gasteiger partial charge on any atom is 0.321 e. The lowest BCUT2D eigenvalue weighted by Crippen LogP contribution is -2.41. The van der Waals surface area contributed by atoms with Crippen molar-refractivity contribution in [1.29, 1.82) is 0 Å². The summed E-state index contributed by atoms with van der Waals surface area (Å²) in [6, 6.07) is 14.9. The summed E-state index contributed by atoms with van der Waals surface area (Å²) in [5.41, 5.74) is 2.54. The highest BCUT2D eigenvalue weighted by Crippen LogP contribution is 2.28. The van der Waals surface area contributed by atoms with E-state index in [0.29, 0.717) is 23.7 Å². The van der Waals surface area contributed by atoms with E-state index in [2.05, 4.69) is 21.6 Å². The Morgan fingerprint density at radius 3 is 2.47 bits per heavy atom. The average Bonchev–Trinajstić information content (AvgIpc) is 3.14. The third-order valence-electron chi connectivity index (χ3n) is 6.84. The average molecular weight is 483 g/mol. The largest absolute Gasteiger partial charge is 0.351 e. The number of likely N-dealkylation sites (tertiary alicyclic amines) is 2. The van der Waals surface area contributed by atoms with Gasteiger partial charge in [0.2, 0.25) is 0 Å². The van der Waals surface area contributed by atoms with Crippen molar-refractivity contribution in [3.05, 3.63) is 64.7 Å². The van der Waals surface area contributed by atoms with E-state index in [0.717, 1.165) is 50.3 Å². The van der Waals surface area contributed by atoms with Gasteiger partial charge < -0.3 is 20.4 Å². The van der Waals surface area contributed by atoms with Crippen LogP contribution in [0.1, 0.15) is 60.4 Å². The molecule has 2 fully saturated rings. The van der Waals surface area contributed by atoms with Crippen molar-refractivity contribution in [2.75, 3.05) is 44.6 Å². The van der Waals surface area contributed by atoms with Crippen LogP contribution in [0, 0.1) is 0 Å². The summed E-state index contributed by atoms with van der Waals surface area (Å²) in [4.78, 5) is 29.9. The summed E-state index contributed by atoms with van der Waals surface area (Å²) in [5, 5.41) is 6.69. The fourth-order valence-corrected chi connectivity index (χ4v) is 5.02. The van der Waals surface area contributed by atoms with Gasteiger partial charge in [-0.05, 0) is 80.7 Å². The van der Waals surface area contributed by atoms with Gasteiger partial charge in [0.15, 0.2) is 0 Å². The smallest absolute Gasteiger partial charge is 0.321 e. The number of anilines is 1. The second-order valence-corrected chi connectivity index (χ2v) is 9.80. The van der Waals surface area contributed by atoms with Gasteiger partial charge in [-0.2, -0.15) is 0 Å². The van der Waals surface area contributed by atoms with Gasteiger partial charge in [-0.3, -0.25) is 4.79 Å². The molecule has 0 unspecified atom stereocenters. The molecule has 4 rings (SSSR count). The van der Waals surface area contributed by atoms with Crippen LogP contribution in [-0.4, -0.2) is 61.0 Å². The van der Waals surface area contributed by atoms with Gasteiger partial charge in [0.25, 0.3) is 5.91 Å². The minimum atomic E-state index is -0.102. The molecule has 2 N–H and O–H groups in total. The Labute approximate surface area is 207 Å². The Bertz CT molecular complexity index is 957. The summed E-state index contributed by atoms with van der Waals surface area (Å²) in [5.74, 6) is 0.194. The number of carbonyl (C=O) groups excluding carboxylic acids is 2. The Hall–Kier alpha value is -2.57. The van der Waals surface area contributed by atoms with Gasteiger partial charge in [-0.1, -0.05) is 36.6 Å². The molecule has 2 aromatic carbocycles. The highest BCUT2D eigenvalue weighted by atomic mass is 35.5. The molecule has 2 heterocycles. The summed E-state index contributed by atoms with van der Waals surface area (Å²) >= 11 is 5.93. The SMILES string of the molecule is O=C(NCCN1CCCCCC1)c1cccc([C@H]2CCCN(C(=O)Nc3ccc(Cl)cc3)C2)c1. The van der Waals surface area contributed by atoms with E-state index < -0.39 is 0 Å². The van der Waals surface area contributed by atoms with Crippen molar-refractivity contribution in [1.82, 2.24) is 15.1 Å². The molecule has 2 aromatic rings. The van der Waals surface area contributed by atoms with Crippen molar-refractivity contribution in [2.24, 2.45) is 0 Å².